The molecule has 1 aliphatic rings. The smallest absolute Gasteiger partial charge is 0.197 e. The lowest BCUT2D eigenvalue weighted by molar-refractivity contribution is 0.0990. The van der Waals surface area contributed by atoms with Crippen LogP contribution in [0.15, 0.2) is 48.0 Å². The van der Waals surface area contributed by atoms with Crippen LogP contribution < -0.4 is 4.90 Å². The van der Waals surface area contributed by atoms with Crippen molar-refractivity contribution < 1.29 is 9.59 Å². The quantitative estimate of drug-likeness (QED) is 0.528. The van der Waals surface area contributed by atoms with Crippen LogP contribution in [0.2, 0.25) is 0 Å². The zero-order valence-corrected chi connectivity index (χ0v) is 14.1. The second-order valence-electron chi connectivity index (χ2n) is 5.86. The Morgan fingerprint density at radius 2 is 1.67 bits per heavy atom. The van der Waals surface area contributed by atoms with Crippen LogP contribution in [0.3, 0.4) is 0 Å². The predicted octanol–water partition coefficient (Wildman–Crippen LogP) is 3.82. The van der Waals surface area contributed by atoms with E-state index >= 15 is 0 Å². The second-order valence-corrected chi connectivity index (χ2v) is 6.92. The topological polar surface area (TPSA) is 50.3 Å². The number of anilines is 1. The molecule has 0 aliphatic heterocycles. The summed E-state index contributed by atoms with van der Waals surface area (Å²) in [7, 11) is 3.97. The first-order chi connectivity index (χ1) is 11.5. The van der Waals surface area contributed by atoms with Gasteiger partial charge in [-0.1, -0.05) is 24.3 Å². The zero-order chi connectivity index (χ0) is 16.8. The normalized spacial score (nSPS) is 13.5. The van der Waals surface area contributed by atoms with Crippen LogP contribution in [0.1, 0.15) is 25.7 Å². The van der Waals surface area contributed by atoms with Gasteiger partial charge in [0.15, 0.2) is 11.6 Å². The molecule has 1 aromatic heterocycles. The minimum atomic E-state index is -0.219. The third kappa shape index (κ3) is 2.25. The molecular formula is C19H14N2O2S. The molecule has 2 aromatic carbocycles. The predicted molar refractivity (Wildman–Crippen MR) is 97.0 cm³/mol. The van der Waals surface area contributed by atoms with Gasteiger partial charge in [0.2, 0.25) is 0 Å². The lowest BCUT2D eigenvalue weighted by atomic mass is 10.1. The summed E-state index contributed by atoms with van der Waals surface area (Å²) in [5.74, 6) is -0.437. The third-order valence-corrected chi connectivity index (χ3v) is 5.04. The van der Waals surface area contributed by atoms with Crippen molar-refractivity contribution in [2.24, 2.45) is 0 Å². The van der Waals surface area contributed by atoms with Gasteiger partial charge in [0.05, 0.1) is 15.8 Å². The molecule has 4 rings (SSSR count). The minimum Gasteiger partial charge on any atom is -0.378 e. The van der Waals surface area contributed by atoms with Crippen LogP contribution >= 0.6 is 11.3 Å². The Kier molecular flexibility index (Phi) is 3.32. The van der Waals surface area contributed by atoms with Crippen molar-refractivity contribution in [3.8, 4) is 0 Å². The van der Waals surface area contributed by atoms with Gasteiger partial charge in [-0.15, -0.1) is 11.3 Å². The number of rotatable bonds is 2. The van der Waals surface area contributed by atoms with E-state index in [2.05, 4.69) is 11.1 Å². The second kappa shape index (κ2) is 5.39. The van der Waals surface area contributed by atoms with E-state index in [1.165, 1.54) is 11.3 Å². The van der Waals surface area contributed by atoms with Gasteiger partial charge in [-0.25, -0.2) is 4.98 Å². The zero-order valence-electron chi connectivity index (χ0n) is 13.2. The highest BCUT2D eigenvalue weighted by Gasteiger charge is 2.32. The average Bonchev–Trinajstić information content (AvgIpc) is 3.09. The SMILES string of the molecule is CN(C)c1ccc2nc(C=C3C(=O)c4ccccc4C3=O)sc2c1. The van der Waals surface area contributed by atoms with E-state index in [4.69, 9.17) is 0 Å². The van der Waals surface area contributed by atoms with E-state index in [0.29, 0.717) is 16.1 Å². The molecule has 1 aliphatic carbocycles. The fourth-order valence-electron chi connectivity index (χ4n) is 2.80. The van der Waals surface area contributed by atoms with Crippen LogP contribution in [0.5, 0.6) is 0 Å². The number of carbonyl (C=O) groups is 2. The van der Waals surface area contributed by atoms with Crippen molar-refractivity contribution in [1.82, 2.24) is 4.98 Å². The van der Waals surface area contributed by atoms with Crippen molar-refractivity contribution >= 4 is 44.9 Å². The summed E-state index contributed by atoms with van der Waals surface area (Å²) in [6, 6.07) is 12.9. The summed E-state index contributed by atoms with van der Waals surface area (Å²) < 4.78 is 1.03. The number of hydrogen-bond donors (Lipinski definition) is 0. The number of ketones is 2. The van der Waals surface area contributed by atoms with Crippen molar-refractivity contribution in [3.05, 3.63) is 64.2 Å². The summed E-state index contributed by atoms with van der Waals surface area (Å²) in [6.45, 7) is 0. The molecule has 0 radical (unpaired) electrons. The lowest BCUT2D eigenvalue weighted by Gasteiger charge is -2.11. The molecule has 0 saturated carbocycles. The largest absolute Gasteiger partial charge is 0.378 e. The van der Waals surface area contributed by atoms with E-state index in [-0.39, 0.29) is 17.1 Å². The number of benzene rings is 2. The summed E-state index contributed by atoms with van der Waals surface area (Å²) in [5, 5.41) is 0.672. The molecule has 0 atom stereocenters. The van der Waals surface area contributed by atoms with Crippen LogP contribution in [-0.2, 0) is 0 Å². The van der Waals surface area contributed by atoms with Gasteiger partial charge in [0, 0.05) is 30.9 Å². The summed E-state index contributed by atoms with van der Waals surface area (Å²) in [5.41, 5.74) is 3.11. The molecule has 0 amide bonds. The first-order valence-corrected chi connectivity index (χ1v) is 8.34. The molecule has 0 fully saturated rings. The number of fused-ring (bicyclic) bond motifs is 2. The lowest BCUT2D eigenvalue weighted by Crippen LogP contribution is -2.07. The molecule has 5 heteroatoms. The van der Waals surface area contributed by atoms with Crippen LogP contribution in [-0.4, -0.2) is 30.6 Å². The highest BCUT2D eigenvalue weighted by Crippen LogP contribution is 2.31. The maximum Gasteiger partial charge on any atom is 0.197 e. The fourth-order valence-corrected chi connectivity index (χ4v) is 3.74. The van der Waals surface area contributed by atoms with E-state index in [0.717, 1.165) is 15.9 Å². The Hall–Kier alpha value is -2.79. The number of allylic oxidation sites excluding steroid dienone is 1. The molecule has 0 spiro atoms. The molecule has 1 heterocycles. The minimum absolute atomic E-state index is 0.197. The van der Waals surface area contributed by atoms with Crippen molar-refractivity contribution in [2.45, 2.75) is 0 Å². The number of Topliss-reactive ketones (excluding diaryl/α,β-unsaturated/α-hetero) is 2. The molecule has 0 bridgehead atoms. The van der Waals surface area contributed by atoms with Crippen molar-refractivity contribution in [1.29, 1.82) is 0 Å². The van der Waals surface area contributed by atoms with Gasteiger partial charge in [0.1, 0.15) is 5.01 Å². The van der Waals surface area contributed by atoms with Crippen molar-refractivity contribution in [3.63, 3.8) is 0 Å². The monoisotopic (exact) mass is 334 g/mol. The van der Waals surface area contributed by atoms with Crippen LogP contribution in [0, 0.1) is 0 Å². The molecule has 118 valence electrons. The van der Waals surface area contributed by atoms with E-state index < -0.39 is 0 Å². The Bertz CT molecular complexity index is 994. The molecule has 0 N–H and O–H groups in total. The first kappa shape index (κ1) is 14.8. The fraction of sp³-hybridized carbons (Fsp3) is 0.105. The van der Waals surface area contributed by atoms with E-state index in [1.54, 1.807) is 30.3 Å². The molecule has 3 aromatic rings. The van der Waals surface area contributed by atoms with Crippen LogP contribution in [0.25, 0.3) is 16.3 Å². The number of thiazole rings is 1. The molecular weight excluding hydrogens is 320 g/mol. The van der Waals surface area contributed by atoms with E-state index in [9.17, 15) is 9.59 Å². The number of hydrogen-bond acceptors (Lipinski definition) is 5. The van der Waals surface area contributed by atoms with Crippen LogP contribution in [0.4, 0.5) is 5.69 Å². The standard InChI is InChI=1S/C19H14N2O2S/c1-21(2)11-7-8-15-16(9-11)24-17(20-15)10-14-18(22)12-5-3-4-6-13(12)19(14)23/h3-10H,1-2H3. The van der Waals surface area contributed by atoms with E-state index in [1.807, 2.05) is 31.1 Å². The number of carbonyl (C=O) groups excluding carboxylic acids is 2. The van der Waals surface area contributed by atoms with Gasteiger partial charge in [-0.3, -0.25) is 9.59 Å². The Balaban J connectivity index is 1.78. The summed E-state index contributed by atoms with van der Waals surface area (Å²) >= 11 is 1.48. The summed E-state index contributed by atoms with van der Waals surface area (Å²) in [4.78, 5) is 31.5. The van der Waals surface area contributed by atoms with Crippen molar-refractivity contribution in [2.75, 3.05) is 19.0 Å². The first-order valence-electron chi connectivity index (χ1n) is 7.52. The van der Waals surface area contributed by atoms with Gasteiger partial charge in [-0.2, -0.15) is 0 Å². The maximum atomic E-state index is 12.5. The maximum absolute atomic E-state index is 12.5. The Morgan fingerprint density at radius 1 is 1.00 bits per heavy atom. The van der Waals surface area contributed by atoms with Gasteiger partial charge in [-0.05, 0) is 24.3 Å². The molecule has 24 heavy (non-hydrogen) atoms. The van der Waals surface area contributed by atoms with Gasteiger partial charge >= 0.3 is 0 Å². The Morgan fingerprint density at radius 3 is 2.29 bits per heavy atom. The van der Waals surface area contributed by atoms with Gasteiger partial charge in [0.25, 0.3) is 0 Å². The number of aromatic nitrogens is 1. The molecule has 4 nitrogen and oxygen atoms in total. The highest BCUT2D eigenvalue weighted by atomic mass is 32.1. The summed E-state index contributed by atoms with van der Waals surface area (Å²) in [6.07, 6.45) is 1.62. The number of nitrogens with zero attached hydrogens (tertiary/aromatic N) is 2. The highest BCUT2D eigenvalue weighted by molar-refractivity contribution is 7.19. The Labute approximate surface area is 143 Å². The third-order valence-electron chi connectivity index (χ3n) is 4.08. The van der Waals surface area contributed by atoms with Gasteiger partial charge < -0.3 is 4.90 Å². The molecule has 0 unspecified atom stereocenters. The average molecular weight is 334 g/mol. The molecule has 0 saturated heterocycles.